The van der Waals surface area contributed by atoms with Crippen LogP contribution >= 0.6 is 23.5 Å². The molecular formula is C23H22N2OS2. The molecule has 142 valence electrons. The first-order chi connectivity index (χ1) is 13.8. The van der Waals surface area contributed by atoms with Gasteiger partial charge in [0, 0.05) is 20.9 Å². The van der Waals surface area contributed by atoms with Crippen molar-refractivity contribution in [2.24, 2.45) is 0 Å². The lowest BCUT2D eigenvalue weighted by Crippen LogP contribution is -1.98. The molecule has 4 aromatic rings. The van der Waals surface area contributed by atoms with E-state index >= 15 is 0 Å². The predicted molar refractivity (Wildman–Crippen MR) is 119 cm³/mol. The SMILES string of the molecule is Cc1ccc(SCCCOc2ccc3[nH]nc(Sc4ccccc4)c3c2)cc1. The lowest BCUT2D eigenvalue weighted by molar-refractivity contribution is 0.319. The molecule has 0 atom stereocenters. The molecule has 1 aromatic heterocycles. The van der Waals surface area contributed by atoms with Crippen molar-refractivity contribution in [1.82, 2.24) is 10.2 Å². The Balaban J connectivity index is 1.32. The number of aromatic nitrogens is 2. The summed E-state index contributed by atoms with van der Waals surface area (Å²) in [6.45, 7) is 2.83. The number of fused-ring (bicyclic) bond motifs is 1. The third kappa shape index (κ3) is 4.91. The maximum Gasteiger partial charge on any atom is 0.131 e. The number of ether oxygens (including phenoxy) is 1. The van der Waals surface area contributed by atoms with Gasteiger partial charge in [0.15, 0.2) is 0 Å². The minimum Gasteiger partial charge on any atom is -0.494 e. The van der Waals surface area contributed by atoms with E-state index in [1.165, 1.54) is 15.4 Å². The topological polar surface area (TPSA) is 37.9 Å². The molecule has 0 aliphatic heterocycles. The minimum atomic E-state index is 0.712. The monoisotopic (exact) mass is 406 g/mol. The number of nitrogens with one attached hydrogen (secondary N) is 1. The highest BCUT2D eigenvalue weighted by Gasteiger charge is 2.09. The summed E-state index contributed by atoms with van der Waals surface area (Å²) in [7, 11) is 0. The minimum absolute atomic E-state index is 0.712. The van der Waals surface area contributed by atoms with Gasteiger partial charge in [0.25, 0.3) is 0 Å². The fourth-order valence-corrected chi connectivity index (χ4v) is 4.52. The number of benzene rings is 3. The van der Waals surface area contributed by atoms with Gasteiger partial charge in [-0.15, -0.1) is 11.8 Å². The molecule has 0 radical (unpaired) electrons. The molecule has 0 aliphatic rings. The summed E-state index contributed by atoms with van der Waals surface area (Å²) >= 11 is 3.54. The van der Waals surface area contributed by atoms with Gasteiger partial charge in [-0.25, -0.2) is 0 Å². The Kier molecular flexibility index (Phi) is 6.24. The normalized spacial score (nSPS) is 11.0. The van der Waals surface area contributed by atoms with Crippen molar-refractivity contribution in [3.63, 3.8) is 0 Å². The first-order valence-corrected chi connectivity index (χ1v) is 11.1. The van der Waals surface area contributed by atoms with E-state index < -0.39 is 0 Å². The second-order valence-corrected chi connectivity index (χ2v) is 8.75. The van der Waals surface area contributed by atoms with E-state index in [9.17, 15) is 0 Å². The van der Waals surface area contributed by atoms with Gasteiger partial charge in [0.05, 0.1) is 12.1 Å². The standard InChI is InChI=1S/C23H22N2OS2/c1-17-8-11-19(12-9-17)27-15-5-14-26-18-10-13-22-21(16-18)23(25-24-22)28-20-6-3-2-4-7-20/h2-4,6-13,16H,5,14-15H2,1H3,(H,24,25). The number of rotatable bonds is 8. The Hall–Kier alpha value is -2.37. The maximum atomic E-state index is 5.98. The molecule has 5 heteroatoms. The fourth-order valence-electron chi connectivity index (χ4n) is 2.81. The van der Waals surface area contributed by atoms with Gasteiger partial charge in [-0.3, -0.25) is 5.10 Å². The number of hydrogen-bond donors (Lipinski definition) is 1. The highest BCUT2D eigenvalue weighted by molar-refractivity contribution is 7.99. The van der Waals surface area contributed by atoms with Crippen LogP contribution in [-0.2, 0) is 0 Å². The van der Waals surface area contributed by atoms with E-state index in [-0.39, 0.29) is 0 Å². The van der Waals surface area contributed by atoms with Gasteiger partial charge >= 0.3 is 0 Å². The van der Waals surface area contributed by atoms with Crippen molar-refractivity contribution in [2.75, 3.05) is 12.4 Å². The van der Waals surface area contributed by atoms with Crippen LogP contribution in [0.1, 0.15) is 12.0 Å². The quantitative estimate of drug-likeness (QED) is 0.265. The van der Waals surface area contributed by atoms with Crippen LogP contribution in [0.3, 0.4) is 0 Å². The van der Waals surface area contributed by atoms with Crippen molar-refractivity contribution in [1.29, 1.82) is 0 Å². The van der Waals surface area contributed by atoms with Gasteiger partial charge in [-0.05, 0) is 55.8 Å². The van der Waals surface area contributed by atoms with E-state index in [0.717, 1.165) is 33.9 Å². The summed E-state index contributed by atoms with van der Waals surface area (Å²) in [4.78, 5) is 2.49. The Labute approximate surface area is 173 Å². The zero-order valence-electron chi connectivity index (χ0n) is 15.7. The molecule has 0 fully saturated rings. The van der Waals surface area contributed by atoms with Crippen molar-refractivity contribution < 1.29 is 4.74 Å². The Morgan fingerprint density at radius 3 is 2.57 bits per heavy atom. The number of H-pyrrole nitrogens is 1. The summed E-state index contributed by atoms with van der Waals surface area (Å²) in [5.74, 6) is 1.94. The van der Waals surface area contributed by atoms with Crippen LogP contribution in [0.15, 0.2) is 87.6 Å². The first kappa shape index (κ1) is 19.0. The highest BCUT2D eigenvalue weighted by atomic mass is 32.2. The van der Waals surface area contributed by atoms with E-state index in [1.807, 2.05) is 42.1 Å². The van der Waals surface area contributed by atoms with E-state index in [2.05, 4.69) is 59.6 Å². The van der Waals surface area contributed by atoms with Crippen molar-refractivity contribution in [2.45, 2.75) is 28.2 Å². The lowest BCUT2D eigenvalue weighted by atomic mass is 10.2. The molecular weight excluding hydrogens is 384 g/mol. The number of aromatic amines is 1. The van der Waals surface area contributed by atoms with Gasteiger partial charge in [-0.2, -0.15) is 5.10 Å². The average Bonchev–Trinajstić information content (AvgIpc) is 3.12. The predicted octanol–water partition coefficient (Wildman–Crippen LogP) is 6.58. The number of hydrogen-bond acceptors (Lipinski definition) is 4. The summed E-state index contributed by atoms with van der Waals surface area (Å²) in [5, 5.41) is 9.64. The first-order valence-electron chi connectivity index (χ1n) is 9.31. The molecule has 0 aliphatic carbocycles. The van der Waals surface area contributed by atoms with Crippen molar-refractivity contribution >= 4 is 34.4 Å². The van der Waals surface area contributed by atoms with Crippen LogP contribution < -0.4 is 4.74 Å². The third-order valence-electron chi connectivity index (χ3n) is 4.30. The van der Waals surface area contributed by atoms with Crippen LogP contribution in [0.2, 0.25) is 0 Å². The van der Waals surface area contributed by atoms with Crippen LogP contribution in [0.25, 0.3) is 10.9 Å². The van der Waals surface area contributed by atoms with Crippen LogP contribution in [-0.4, -0.2) is 22.6 Å². The highest BCUT2D eigenvalue weighted by Crippen LogP contribution is 2.33. The second-order valence-electron chi connectivity index (χ2n) is 6.51. The van der Waals surface area contributed by atoms with E-state index in [4.69, 9.17) is 4.74 Å². The molecule has 0 bridgehead atoms. The average molecular weight is 407 g/mol. The molecule has 1 heterocycles. The second kappa shape index (κ2) is 9.22. The molecule has 0 saturated carbocycles. The Morgan fingerprint density at radius 1 is 0.929 bits per heavy atom. The maximum absolute atomic E-state index is 5.98. The number of nitrogens with zero attached hydrogens (tertiary/aromatic N) is 1. The zero-order chi connectivity index (χ0) is 19.2. The van der Waals surface area contributed by atoms with Crippen LogP contribution in [0.4, 0.5) is 0 Å². The summed E-state index contributed by atoms with van der Waals surface area (Å²) < 4.78 is 5.98. The summed E-state index contributed by atoms with van der Waals surface area (Å²) in [6, 6.07) is 25.1. The summed E-state index contributed by atoms with van der Waals surface area (Å²) in [6.07, 6.45) is 1.01. The number of aryl methyl sites for hydroxylation is 1. The zero-order valence-corrected chi connectivity index (χ0v) is 17.4. The molecule has 4 rings (SSSR count). The number of thioether (sulfide) groups is 1. The largest absolute Gasteiger partial charge is 0.494 e. The van der Waals surface area contributed by atoms with Gasteiger partial charge < -0.3 is 4.74 Å². The molecule has 0 unspecified atom stereocenters. The lowest BCUT2D eigenvalue weighted by Gasteiger charge is -2.07. The van der Waals surface area contributed by atoms with Crippen molar-refractivity contribution in [3.05, 3.63) is 78.4 Å². The smallest absolute Gasteiger partial charge is 0.131 e. The molecule has 3 aromatic carbocycles. The molecule has 0 spiro atoms. The molecule has 3 nitrogen and oxygen atoms in total. The van der Waals surface area contributed by atoms with Crippen molar-refractivity contribution in [3.8, 4) is 5.75 Å². The third-order valence-corrected chi connectivity index (χ3v) is 6.41. The van der Waals surface area contributed by atoms with Gasteiger partial charge in [0.2, 0.25) is 0 Å². The molecule has 1 N–H and O–H groups in total. The molecule has 28 heavy (non-hydrogen) atoms. The van der Waals surface area contributed by atoms with Gasteiger partial charge in [-0.1, -0.05) is 47.7 Å². The van der Waals surface area contributed by atoms with Crippen LogP contribution in [0.5, 0.6) is 5.75 Å². The Bertz CT molecular complexity index is 1030. The molecule has 0 saturated heterocycles. The fraction of sp³-hybridized carbons (Fsp3) is 0.174. The Morgan fingerprint density at radius 2 is 1.75 bits per heavy atom. The summed E-state index contributed by atoms with van der Waals surface area (Å²) in [5.41, 5.74) is 2.33. The van der Waals surface area contributed by atoms with Gasteiger partial charge in [0.1, 0.15) is 10.8 Å². The molecule has 0 amide bonds. The van der Waals surface area contributed by atoms with E-state index in [1.54, 1.807) is 11.8 Å². The van der Waals surface area contributed by atoms with E-state index in [0.29, 0.717) is 6.61 Å². The van der Waals surface area contributed by atoms with Crippen LogP contribution in [0, 0.1) is 6.92 Å².